The molecule has 19 heavy (non-hydrogen) atoms. The molecule has 0 aliphatic heterocycles. The van der Waals surface area contributed by atoms with Crippen LogP contribution >= 0.6 is 0 Å². The third-order valence-corrected chi connectivity index (χ3v) is 2.88. The van der Waals surface area contributed by atoms with Crippen molar-refractivity contribution < 1.29 is 24.5 Å². The van der Waals surface area contributed by atoms with Crippen molar-refractivity contribution in [2.45, 2.75) is 58.0 Å². The fourth-order valence-electron chi connectivity index (χ4n) is 1.80. The summed E-state index contributed by atoms with van der Waals surface area (Å²) in [6.45, 7) is 2.99. The zero-order valence-electron chi connectivity index (χ0n) is 12.0. The van der Waals surface area contributed by atoms with Crippen molar-refractivity contribution in [1.29, 1.82) is 0 Å². The second-order valence-electron chi connectivity index (χ2n) is 4.59. The molecule has 2 N–H and O–H groups in total. The Morgan fingerprint density at radius 2 is 1.74 bits per heavy atom. The summed E-state index contributed by atoms with van der Waals surface area (Å²) in [5.74, 6) is -0.907. The Hall–Kier alpha value is -0.650. The van der Waals surface area contributed by atoms with Gasteiger partial charge in [0.2, 0.25) is 0 Å². The highest BCUT2D eigenvalue weighted by molar-refractivity contribution is 5.72. The molecule has 1 unspecified atom stereocenters. The number of carboxylic acid groups (broad SMARTS) is 1. The summed E-state index contributed by atoms with van der Waals surface area (Å²) < 4.78 is 10.3. The van der Waals surface area contributed by atoms with Crippen molar-refractivity contribution in [1.82, 2.24) is 0 Å². The van der Waals surface area contributed by atoms with E-state index in [0.717, 1.165) is 12.8 Å². The van der Waals surface area contributed by atoms with Gasteiger partial charge >= 0.3 is 5.97 Å². The molecule has 0 saturated carbocycles. The quantitative estimate of drug-likeness (QED) is 0.476. The molecule has 0 heterocycles. The molecule has 5 nitrogen and oxygen atoms in total. The largest absolute Gasteiger partial charge is 0.479 e. The van der Waals surface area contributed by atoms with Gasteiger partial charge in [-0.2, -0.15) is 0 Å². The minimum absolute atomic E-state index is 0.0277. The standard InChI is InChI=1S/C14H28O5/c1-2-3-4-5-6-7-8-13(14(16)17)19-12-11-18-10-9-15/h13,15H,2-12H2,1H3,(H,16,17). The molecule has 1 atom stereocenters. The molecule has 0 aliphatic carbocycles. The van der Waals surface area contributed by atoms with Crippen molar-refractivity contribution in [2.24, 2.45) is 0 Å². The maximum atomic E-state index is 11.0. The minimum atomic E-state index is -0.907. The predicted molar refractivity (Wildman–Crippen MR) is 73.3 cm³/mol. The molecule has 5 heteroatoms. The predicted octanol–water partition coefficient (Wildman–Crippen LogP) is 2.22. The van der Waals surface area contributed by atoms with E-state index in [-0.39, 0.29) is 19.8 Å². The van der Waals surface area contributed by atoms with Gasteiger partial charge in [0.1, 0.15) is 0 Å². The van der Waals surface area contributed by atoms with Gasteiger partial charge in [0, 0.05) is 0 Å². The molecular weight excluding hydrogens is 248 g/mol. The number of carboxylic acids is 1. The first-order valence-corrected chi connectivity index (χ1v) is 7.25. The van der Waals surface area contributed by atoms with Crippen molar-refractivity contribution >= 4 is 5.97 Å². The third kappa shape index (κ3) is 12.1. The number of unbranched alkanes of at least 4 members (excludes halogenated alkanes) is 5. The molecule has 0 rings (SSSR count). The van der Waals surface area contributed by atoms with Crippen molar-refractivity contribution in [3.8, 4) is 0 Å². The van der Waals surface area contributed by atoms with E-state index in [0.29, 0.717) is 13.0 Å². The highest BCUT2D eigenvalue weighted by atomic mass is 16.5. The van der Waals surface area contributed by atoms with Gasteiger partial charge in [0.25, 0.3) is 0 Å². The molecule has 0 aromatic heterocycles. The average Bonchev–Trinajstić information content (AvgIpc) is 2.39. The van der Waals surface area contributed by atoms with E-state index in [9.17, 15) is 4.79 Å². The summed E-state index contributed by atoms with van der Waals surface area (Å²) in [4.78, 5) is 11.0. The van der Waals surface area contributed by atoms with Crippen LogP contribution < -0.4 is 0 Å². The number of hydrogen-bond acceptors (Lipinski definition) is 4. The van der Waals surface area contributed by atoms with Gasteiger partial charge < -0.3 is 19.7 Å². The fourth-order valence-corrected chi connectivity index (χ4v) is 1.80. The van der Waals surface area contributed by atoms with Crippen LogP contribution in [0.3, 0.4) is 0 Å². The van der Waals surface area contributed by atoms with Crippen LogP contribution in [0.5, 0.6) is 0 Å². The summed E-state index contributed by atoms with van der Waals surface area (Å²) in [5.41, 5.74) is 0. The molecule has 0 amide bonds. The summed E-state index contributed by atoms with van der Waals surface area (Å²) >= 11 is 0. The first-order valence-electron chi connectivity index (χ1n) is 7.25. The second-order valence-corrected chi connectivity index (χ2v) is 4.59. The highest BCUT2D eigenvalue weighted by Crippen LogP contribution is 2.10. The molecule has 0 spiro atoms. The topological polar surface area (TPSA) is 76.0 Å². The maximum Gasteiger partial charge on any atom is 0.332 e. The molecule has 0 aromatic carbocycles. The van der Waals surface area contributed by atoms with Crippen LogP contribution in [0, 0.1) is 0 Å². The first-order chi connectivity index (χ1) is 9.22. The van der Waals surface area contributed by atoms with Crippen molar-refractivity contribution in [2.75, 3.05) is 26.4 Å². The average molecular weight is 276 g/mol. The van der Waals surface area contributed by atoms with Gasteiger partial charge in [-0.25, -0.2) is 4.79 Å². The zero-order valence-corrected chi connectivity index (χ0v) is 12.0. The van der Waals surface area contributed by atoms with E-state index in [4.69, 9.17) is 19.7 Å². The summed E-state index contributed by atoms with van der Waals surface area (Å²) in [6, 6.07) is 0. The van der Waals surface area contributed by atoms with E-state index in [1.807, 2.05) is 0 Å². The lowest BCUT2D eigenvalue weighted by molar-refractivity contribution is -0.152. The summed E-state index contributed by atoms with van der Waals surface area (Å²) in [7, 11) is 0. The van der Waals surface area contributed by atoms with Gasteiger partial charge in [-0.05, 0) is 6.42 Å². The molecule has 0 radical (unpaired) electrons. The van der Waals surface area contributed by atoms with Crippen LogP contribution in [0.15, 0.2) is 0 Å². The molecule has 0 bridgehead atoms. The van der Waals surface area contributed by atoms with Gasteiger partial charge in [0.15, 0.2) is 6.10 Å². The van der Waals surface area contributed by atoms with Gasteiger partial charge in [-0.3, -0.25) is 0 Å². The number of carbonyl (C=O) groups is 1. The molecular formula is C14H28O5. The van der Waals surface area contributed by atoms with Crippen LogP contribution in [-0.2, 0) is 14.3 Å². The van der Waals surface area contributed by atoms with Crippen LogP contribution in [0.25, 0.3) is 0 Å². The smallest absolute Gasteiger partial charge is 0.332 e. The highest BCUT2D eigenvalue weighted by Gasteiger charge is 2.17. The van der Waals surface area contributed by atoms with Crippen LogP contribution in [0.4, 0.5) is 0 Å². The zero-order chi connectivity index (χ0) is 14.3. The Morgan fingerprint density at radius 1 is 1.05 bits per heavy atom. The number of aliphatic hydroxyl groups excluding tert-OH is 1. The van der Waals surface area contributed by atoms with E-state index in [1.54, 1.807) is 0 Å². The number of ether oxygens (including phenoxy) is 2. The first kappa shape index (κ1) is 18.4. The monoisotopic (exact) mass is 276 g/mol. The number of rotatable bonds is 14. The Bertz CT molecular complexity index is 208. The van der Waals surface area contributed by atoms with Gasteiger partial charge in [-0.15, -0.1) is 0 Å². The Balaban J connectivity index is 3.54. The van der Waals surface area contributed by atoms with E-state index in [1.165, 1.54) is 25.7 Å². The summed E-state index contributed by atoms with van der Waals surface area (Å²) in [6.07, 6.45) is 6.64. The third-order valence-electron chi connectivity index (χ3n) is 2.88. The van der Waals surface area contributed by atoms with Gasteiger partial charge in [-0.1, -0.05) is 45.4 Å². The van der Waals surface area contributed by atoms with Gasteiger partial charge in [0.05, 0.1) is 26.4 Å². The number of hydrogen-bond donors (Lipinski definition) is 2. The minimum Gasteiger partial charge on any atom is -0.479 e. The van der Waals surface area contributed by atoms with Crippen LogP contribution in [0.2, 0.25) is 0 Å². The Labute approximate surface area is 115 Å². The maximum absolute atomic E-state index is 11.0. The Kier molecular flexibility index (Phi) is 13.3. The SMILES string of the molecule is CCCCCCCCC(OCCOCCO)C(=O)O. The lowest BCUT2D eigenvalue weighted by Gasteiger charge is -2.13. The molecule has 0 fully saturated rings. The fraction of sp³-hybridized carbons (Fsp3) is 0.929. The van der Waals surface area contributed by atoms with Crippen LogP contribution in [-0.4, -0.2) is 48.7 Å². The number of aliphatic carboxylic acids is 1. The van der Waals surface area contributed by atoms with Crippen LogP contribution in [0.1, 0.15) is 51.9 Å². The van der Waals surface area contributed by atoms with Crippen molar-refractivity contribution in [3.05, 3.63) is 0 Å². The normalized spacial score (nSPS) is 12.5. The van der Waals surface area contributed by atoms with E-state index < -0.39 is 12.1 Å². The molecule has 114 valence electrons. The lowest BCUT2D eigenvalue weighted by atomic mass is 10.1. The second kappa shape index (κ2) is 13.8. The van der Waals surface area contributed by atoms with E-state index >= 15 is 0 Å². The Morgan fingerprint density at radius 3 is 2.37 bits per heavy atom. The number of aliphatic hydroxyl groups is 1. The van der Waals surface area contributed by atoms with E-state index in [2.05, 4.69) is 6.92 Å². The molecule has 0 aliphatic rings. The summed E-state index contributed by atoms with van der Waals surface area (Å²) in [5, 5.41) is 17.5. The van der Waals surface area contributed by atoms with Crippen molar-refractivity contribution in [3.63, 3.8) is 0 Å². The lowest BCUT2D eigenvalue weighted by Crippen LogP contribution is -2.25. The molecule has 0 saturated heterocycles. The molecule has 0 aromatic rings.